The molecule has 1 heterocycles. The highest BCUT2D eigenvalue weighted by Gasteiger charge is 2.28. The number of piperidine rings is 1. The molecule has 110 valence electrons. The van der Waals surface area contributed by atoms with Crippen molar-refractivity contribution < 1.29 is 13.2 Å². The topological polar surface area (TPSA) is 67.4 Å². The Morgan fingerprint density at radius 3 is 2.72 bits per heavy atom. The lowest BCUT2D eigenvalue weighted by Gasteiger charge is -2.34. The second kappa shape index (κ2) is 8.32. The van der Waals surface area contributed by atoms with Gasteiger partial charge in [0, 0.05) is 19.7 Å². The van der Waals surface area contributed by atoms with Gasteiger partial charge in [0.25, 0.3) is 0 Å². The molecule has 0 aromatic rings. The van der Waals surface area contributed by atoms with E-state index in [1.807, 2.05) is 6.92 Å². The minimum absolute atomic E-state index is 0. The van der Waals surface area contributed by atoms with E-state index in [2.05, 4.69) is 17.0 Å². The van der Waals surface area contributed by atoms with E-state index in [1.165, 1.54) is 0 Å². The Kier molecular flexibility index (Phi) is 8.38. The third-order valence-corrected chi connectivity index (χ3v) is 4.39. The first-order valence-corrected chi connectivity index (χ1v) is 7.88. The fraction of sp³-hybridized carbons (Fsp3) is 1.00. The summed E-state index contributed by atoms with van der Waals surface area (Å²) in [7, 11) is -3.19. The second-order valence-corrected chi connectivity index (χ2v) is 6.85. The van der Waals surface area contributed by atoms with Crippen LogP contribution in [0.15, 0.2) is 0 Å². The van der Waals surface area contributed by atoms with Crippen molar-refractivity contribution in [1.82, 2.24) is 10.0 Å². The minimum Gasteiger partial charge on any atom is -0.381 e. The number of halogens is 1. The largest absolute Gasteiger partial charge is 0.381 e. The molecule has 1 aliphatic rings. The van der Waals surface area contributed by atoms with Crippen LogP contribution < -0.4 is 10.0 Å². The number of rotatable bonds is 7. The van der Waals surface area contributed by atoms with Gasteiger partial charge in [-0.05, 0) is 31.7 Å². The smallest absolute Gasteiger partial charge is 0.213 e. The highest BCUT2D eigenvalue weighted by molar-refractivity contribution is 7.89. The van der Waals surface area contributed by atoms with E-state index in [1.54, 1.807) is 0 Å². The summed E-state index contributed by atoms with van der Waals surface area (Å²) in [5, 5.41) is 3.30. The lowest BCUT2D eigenvalue weighted by molar-refractivity contribution is 0.163. The Labute approximate surface area is 117 Å². The molecule has 7 heteroatoms. The van der Waals surface area contributed by atoms with Gasteiger partial charge in [0.05, 0.1) is 12.4 Å². The zero-order valence-corrected chi connectivity index (χ0v) is 12.8. The first kappa shape index (κ1) is 18.1. The van der Waals surface area contributed by atoms with Crippen LogP contribution in [0.4, 0.5) is 0 Å². The molecule has 0 aromatic heterocycles. The van der Waals surface area contributed by atoms with Crippen molar-refractivity contribution in [2.75, 3.05) is 38.6 Å². The molecule has 1 aliphatic heterocycles. The number of ether oxygens (including phenoxy) is 1. The number of nitrogens with one attached hydrogen (secondary N) is 2. The van der Waals surface area contributed by atoms with Gasteiger partial charge in [0.1, 0.15) is 0 Å². The van der Waals surface area contributed by atoms with Crippen molar-refractivity contribution in [2.24, 2.45) is 5.41 Å². The van der Waals surface area contributed by atoms with Crippen molar-refractivity contribution in [3.05, 3.63) is 0 Å². The number of hydrogen-bond acceptors (Lipinski definition) is 4. The lowest BCUT2D eigenvalue weighted by atomic mass is 9.83. The number of sulfonamides is 1. The maximum absolute atomic E-state index is 11.7. The summed E-state index contributed by atoms with van der Waals surface area (Å²) in [6.07, 6.45) is 2.17. The molecule has 0 radical (unpaired) electrons. The molecule has 0 spiro atoms. The van der Waals surface area contributed by atoms with Crippen molar-refractivity contribution in [2.45, 2.75) is 26.7 Å². The fourth-order valence-electron chi connectivity index (χ4n) is 1.94. The van der Waals surface area contributed by atoms with E-state index in [4.69, 9.17) is 4.74 Å². The molecule has 0 amide bonds. The minimum atomic E-state index is -3.19. The predicted octanol–water partition coefficient (Wildman–Crippen LogP) is 0.754. The van der Waals surface area contributed by atoms with E-state index < -0.39 is 10.0 Å². The van der Waals surface area contributed by atoms with Crippen LogP contribution in [0.1, 0.15) is 26.7 Å². The van der Waals surface area contributed by atoms with Crippen LogP contribution in [-0.4, -0.2) is 47.0 Å². The standard InChI is InChI=1S/C11H24N2O3S.ClH/c1-3-16-7-8-17(14,15)13-10-11(2)5-4-6-12-9-11;/h12-13H,3-10H2,1-2H3;1H. The third kappa shape index (κ3) is 6.89. The molecule has 0 aliphatic carbocycles. The average Bonchev–Trinajstić information content (AvgIpc) is 2.28. The van der Waals surface area contributed by atoms with Gasteiger partial charge in [0.15, 0.2) is 0 Å². The van der Waals surface area contributed by atoms with Crippen LogP contribution in [-0.2, 0) is 14.8 Å². The van der Waals surface area contributed by atoms with Gasteiger partial charge < -0.3 is 10.1 Å². The summed E-state index contributed by atoms with van der Waals surface area (Å²) >= 11 is 0. The Balaban J connectivity index is 0.00000289. The van der Waals surface area contributed by atoms with Crippen molar-refractivity contribution in [3.8, 4) is 0 Å². The molecular formula is C11H25ClN2O3S. The summed E-state index contributed by atoms with van der Waals surface area (Å²) in [4.78, 5) is 0. The maximum atomic E-state index is 11.7. The Hall–Kier alpha value is 0.120. The first-order chi connectivity index (χ1) is 7.97. The third-order valence-electron chi connectivity index (χ3n) is 3.11. The van der Waals surface area contributed by atoms with Gasteiger partial charge in [-0.15, -0.1) is 12.4 Å². The van der Waals surface area contributed by atoms with E-state index in [9.17, 15) is 8.42 Å². The average molecular weight is 301 g/mol. The fourth-order valence-corrected chi connectivity index (χ4v) is 2.99. The SMILES string of the molecule is CCOCCS(=O)(=O)NCC1(C)CCCNC1.Cl. The molecule has 1 fully saturated rings. The van der Waals surface area contributed by atoms with Gasteiger partial charge >= 0.3 is 0 Å². The zero-order chi connectivity index (χ0) is 12.8. The first-order valence-electron chi connectivity index (χ1n) is 6.23. The normalized spacial score (nSPS) is 24.6. The second-order valence-electron chi connectivity index (χ2n) is 4.93. The molecule has 5 nitrogen and oxygen atoms in total. The van der Waals surface area contributed by atoms with Crippen LogP contribution in [0.3, 0.4) is 0 Å². The highest BCUT2D eigenvalue weighted by atomic mass is 35.5. The maximum Gasteiger partial charge on any atom is 0.213 e. The summed E-state index contributed by atoms with van der Waals surface area (Å²) in [5.41, 5.74) is 0.0386. The van der Waals surface area contributed by atoms with Crippen molar-refractivity contribution in [3.63, 3.8) is 0 Å². The Morgan fingerprint density at radius 2 is 2.17 bits per heavy atom. The molecule has 0 aromatic carbocycles. The summed E-state index contributed by atoms with van der Waals surface area (Å²) in [5.74, 6) is 0.0460. The van der Waals surface area contributed by atoms with Gasteiger partial charge in [-0.1, -0.05) is 6.92 Å². The van der Waals surface area contributed by atoms with E-state index >= 15 is 0 Å². The molecule has 0 bridgehead atoms. The van der Waals surface area contributed by atoms with Crippen LogP contribution in [0.25, 0.3) is 0 Å². The van der Waals surface area contributed by atoms with E-state index in [-0.39, 0.29) is 30.2 Å². The van der Waals surface area contributed by atoms with Crippen LogP contribution in [0, 0.1) is 5.41 Å². The Morgan fingerprint density at radius 1 is 1.44 bits per heavy atom. The van der Waals surface area contributed by atoms with Crippen LogP contribution in [0.2, 0.25) is 0 Å². The van der Waals surface area contributed by atoms with Crippen molar-refractivity contribution in [1.29, 1.82) is 0 Å². The molecule has 1 rings (SSSR count). The molecular weight excluding hydrogens is 276 g/mol. The van der Waals surface area contributed by atoms with Gasteiger partial charge in [-0.3, -0.25) is 0 Å². The van der Waals surface area contributed by atoms with E-state index in [0.717, 1.165) is 25.9 Å². The molecule has 1 atom stereocenters. The Bertz CT molecular complexity index is 316. The van der Waals surface area contributed by atoms with E-state index in [0.29, 0.717) is 13.2 Å². The summed E-state index contributed by atoms with van der Waals surface area (Å²) in [6, 6.07) is 0. The zero-order valence-electron chi connectivity index (χ0n) is 11.2. The summed E-state index contributed by atoms with van der Waals surface area (Å²) in [6.45, 7) is 7.21. The lowest BCUT2D eigenvalue weighted by Crippen LogP contribution is -2.46. The summed E-state index contributed by atoms with van der Waals surface area (Å²) < 4.78 is 31.1. The van der Waals surface area contributed by atoms with Crippen molar-refractivity contribution >= 4 is 22.4 Å². The van der Waals surface area contributed by atoms with Gasteiger partial charge in [-0.2, -0.15) is 0 Å². The van der Waals surface area contributed by atoms with Gasteiger partial charge in [-0.25, -0.2) is 13.1 Å². The van der Waals surface area contributed by atoms with Gasteiger partial charge in [0.2, 0.25) is 10.0 Å². The van der Waals surface area contributed by atoms with Crippen LogP contribution >= 0.6 is 12.4 Å². The quantitative estimate of drug-likeness (QED) is 0.681. The molecule has 2 N–H and O–H groups in total. The highest BCUT2D eigenvalue weighted by Crippen LogP contribution is 2.24. The molecule has 1 unspecified atom stereocenters. The monoisotopic (exact) mass is 300 g/mol. The molecule has 0 saturated carbocycles. The van der Waals surface area contributed by atoms with Crippen LogP contribution in [0.5, 0.6) is 0 Å². The molecule has 1 saturated heterocycles. The number of hydrogen-bond donors (Lipinski definition) is 2. The predicted molar refractivity (Wildman–Crippen MR) is 75.7 cm³/mol. The molecule has 18 heavy (non-hydrogen) atoms.